The molecule has 2 aliphatic heterocycles. The van der Waals surface area contributed by atoms with Crippen molar-refractivity contribution >= 4 is 77.5 Å². The first kappa shape index (κ1) is 28.7. The molecule has 3 amide bonds. The number of hydrogen-bond donors (Lipinski definition) is 3. The number of urea groups is 1. The van der Waals surface area contributed by atoms with Crippen molar-refractivity contribution < 1.29 is 19.1 Å². The van der Waals surface area contributed by atoms with Gasteiger partial charge in [-0.05, 0) is 48.9 Å². The molecule has 9 nitrogen and oxygen atoms in total. The van der Waals surface area contributed by atoms with Crippen LogP contribution in [0.2, 0.25) is 0 Å². The average Bonchev–Trinajstić information content (AvgIpc) is 3.50. The topological polar surface area (TPSA) is 105 Å². The maximum Gasteiger partial charge on any atom is 0.331 e. The molecular formula is C27H29N5O4S3. The Labute approximate surface area is 243 Å². The standard InChI is InChI=1S/C27H25N5O4S.2H2S/c1-15-12-17(36-16-6-4-3-5-7-16)8-9-19(15)32-20-10-11-29-26-22(20)23(31-27(32)34)24(37-26)25(33)30-18-13-28-14-21(18)35-2;;/h3-12,18,21,28H,13-14H2,1-2H3,(H,30,33)(H,31,34);2*1H2/t18-,21-;;/m0../s1. The number of carbonyl (C=O) groups is 2. The molecule has 0 aliphatic carbocycles. The highest BCUT2D eigenvalue weighted by molar-refractivity contribution is 7.59. The molecule has 2 atom stereocenters. The molecule has 0 bridgehead atoms. The van der Waals surface area contributed by atoms with Crippen LogP contribution in [-0.2, 0) is 4.74 Å². The molecule has 2 aliphatic rings. The van der Waals surface area contributed by atoms with E-state index < -0.39 is 0 Å². The van der Waals surface area contributed by atoms with E-state index >= 15 is 0 Å². The second-order valence-electron chi connectivity index (χ2n) is 8.96. The van der Waals surface area contributed by atoms with Crippen LogP contribution in [0.15, 0.2) is 60.8 Å². The predicted molar refractivity (Wildman–Crippen MR) is 164 cm³/mol. The van der Waals surface area contributed by atoms with Crippen molar-refractivity contribution in [3.63, 3.8) is 0 Å². The molecule has 3 N–H and O–H groups in total. The molecular weight excluding hydrogens is 555 g/mol. The van der Waals surface area contributed by atoms with Gasteiger partial charge in [0.25, 0.3) is 5.91 Å². The summed E-state index contributed by atoms with van der Waals surface area (Å²) in [5.41, 5.74) is 2.75. The van der Waals surface area contributed by atoms with Crippen molar-refractivity contribution in [2.75, 3.05) is 30.4 Å². The summed E-state index contributed by atoms with van der Waals surface area (Å²) in [7, 11) is 1.63. The fourth-order valence-electron chi connectivity index (χ4n) is 4.83. The van der Waals surface area contributed by atoms with E-state index in [-0.39, 0.29) is 51.1 Å². The number of aryl methyl sites for hydroxylation is 1. The molecule has 39 heavy (non-hydrogen) atoms. The molecule has 12 heteroatoms. The van der Waals surface area contributed by atoms with Crippen LogP contribution in [0.4, 0.5) is 21.9 Å². The Hall–Kier alpha value is -3.29. The number of anilines is 3. The van der Waals surface area contributed by atoms with Gasteiger partial charge in [-0.25, -0.2) is 9.78 Å². The van der Waals surface area contributed by atoms with E-state index in [2.05, 4.69) is 20.9 Å². The lowest BCUT2D eigenvalue weighted by molar-refractivity contribution is 0.0783. The number of benzene rings is 2. The van der Waals surface area contributed by atoms with Crippen molar-refractivity contribution in [1.29, 1.82) is 0 Å². The number of methoxy groups -OCH3 is 1. The maximum absolute atomic E-state index is 13.4. The highest BCUT2D eigenvalue weighted by Crippen LogP contribution is 2.46. The summed E-state index contributed by atoms with van der Waals surface area (Å²) in [6.07, 6.45) is 1.56. The van der Waals surface area contributed by atoms with E-state index in [0.29, 0.717) is 45.6 Å². The van der Waals surface area contributed by atoms with Crippen LogP contribution in [0.25, 0.3) is 10.2 Å². The number of ether oxygens (including phenoxy) is 2. The minimum atomic E-state index is -0.343. The molecule has 0 radical (unpaired) electrons. The Bertz CT molecular complexity index is 1510. The van der Waals surface area contributed by atoms with Gasteiger partial charge in [0, 0.05) is 26.4 Å². The number of aromatic nitrogens is 1. The summed E-state index contributed by atoms with van der Waals surface area (Å²) < 4.78 is 11.4. The first-order valence-corrected chi connectivity index (χ1v) is 12.8. The SMILES string of the molecule is CO[C@H]1CNC[C@@H]1NC(=O)c1sc2nccc3c2c1NC(=O)N3c1ccc(Oc2ccccc2)cc1C.S.S. The second-order valence-corrected chi connectivity index (χ2v) is 9.96. The van der Waals surface area contributed by atoms with Crippen molar-refractivity contribution in [1.82, 2.24) is 15.6 Å². The summed E-state index contributed by atoms with van der Waals surface area (Å²) >= 11 is 1.26. The van der Waals surface area contributed by atoms with Crippen molar-refractivity contribution in [2.24, 2.45) is 0 Å². The Balaban J connectivity index is 0.00000176. The summed E-state index contributed by atoms with van der Waals surface area (Å²) in [4.78, 5) is 33.9. The summed E-state index contributed by atoms with van der Waals surface area (Å²) in [5.74, 6) is 1.16. The number of nitrogens with one attached hydrogen (secondary N) is 3. The molecule has 6 rings (SSSR count). The Kier molecular flexibility index (Phi) is 8.72. The quantitative estimate of drug-likeness (QED) is 0.294. The van der Waals surface area contributed by atoms with E-state index in [1.54, 1.807) is 24.3 Å². The molecule has 1 fully saturated rings. The summed E-state index contributed by atoms with van der Waals surface area (Å²) in [6, 6.07) is 16.4. The van der Waals surface area contributed by atoms with Crippen LogP contribution in [-0.4, -0.2) is 49.3 Å². The van der Waals surface area contributed by atoms with Gasteiger partial charge in [0.2, 0.25) is 0 Å². The molecule has 4 aromatic rings. The normalized spacial score (nSPS) is 17.7. The minimum Gasteiger partial charge on any atom is -0.457 e. The Morgan fingerprint density at radius 3 is 2.62 bits per heavy atom. The van der Waals surface area contributed by atoms with Crippen molar-refractivity contribution in [2.45, 2.75) is 19.1 Å². The number of carbonyl (C=O) groups excluding carboxylic acids is 2. The largest absolute Gasteiger partial charge is 0.457 e. The van der Waals surface area contributed by atoms with Crippen LogP contribution in [0.1, 0.15) is 15.2 Å². The lowest BCUT2D eigenvalue weighted by atomic mass is 10.1. The number of amides is 3. The fourth-order valence-corrected chi connectivity index (χ4v) is 5.85. The number of nitrogens with zero attached hydrogens (tertiary/aromatic N) is 2. The number of thiophene rings is 1. The van der Waals surface area contributed by atoms with E-state index in [4.69, 9.17) is 9.47 Å². The predicted octanol–water partition coefficient (Wildman–Crippen LogP) is 5.02. The van der Waals surface area contributed by atoms with E-state index in [9.17, 15) is 9.59 Å². The average molecular weight is 584 g/mol. The number of para-hydroxylation sites is 1. The van der Waals surface area contributed by atoms with Gasteiger partial charge in [-0.15, -0.1) is 11.3 Å². The van der Waals surface area contributed by atoms with Crippen molar-refractivity contribution in [3.8, 4) is 11.5 Å². The molecule has 0 saturated carbocycles. The third-order valence-corrected chi connectivity index (χ3v) is 7.71. The molecule has 1 saturated heterocycles. The lowest BCUT2D eigenvalue weighted by Gasteiger charge is -2.29. The van der Waals surface area contributed by atoms with E-state index in [1.807, 2.05) is 55.5 Å². The van der Waals surface area contributed by atoms with Gasteiger partial charge < -0.3 is 25.4 Å². The lowest BCUT2D eigenvalue weighted by Crippen LogP contribution is -2.43. The molecule has 2 aromatic carbocycles. The van der Waals surface area contributed by atoms with Crippen molar-refractivity contribution in [3.05, 3.63) is 71.2 Å². The highest BCUT2D eigenvalue weighted by atomic mass is 32.1. The van der Waals surface area contributed by atoms with Gasteiger partial charge in [-0.3, -0.25) is 9.69 Å². The molecule has 0 unspecified atom stereocenters. The fraction of sp³-hybridized carbons (Fsp3) is 0.222. The summed E-state index contributed by atoms with van der Waals surface area (Å²) in [5, 5.41) is 9.97. The van der Waals surface area contributed by atoms with Gasteiger partial charge in [0.05, 0.1) is 34.6 Å². The maximum atomic E-state index is 13.4. The molecule has 2 aromatic heterocycles. The minimum absolute atomic E-state index is 0. The molecule has 204 valence electrons. The Morgan fingerprint density at radius 1 is 1.08 bits per heavy atom. The summed E-state index contributed by atoms with van der Waals surface area (Å²) in [6.45, 7) is 3.23. The number of hydrogen-bond acceptors (Lipinski definition) is 7. The van der Waals surface area contributed by atoms with Crippen LogP contribution in [0.5, 0.6) is 11.5 Å². The highest BCUT2D eigenvalue weighted by Gasteiger charge is 2.35. The zero-order valence-electron chi connectivity index (χ0n) is 21.3. The third-order valence-electron chi connectivity index (χ3n) is 6.62. The zero-order chi connectivity index (χ0) is 25.5. The van der Waals surface area contributed by atoms with E-state index in [0.717, 1.165) is 16.7 Å². The number of pyridine rings is 1. The zero-order valence-corrected chi connectivity index (χ0v) is 24.1. The Morgan fingerprint density at radius 2 is 1.87 bits per heavy atom. The van der Waals surface area contributed by atoms with Gasteiger partial charge >= 0.3 is 6.03 Å². The van der Waals surface area contributed by atoms with Gasteiger partial charge in [-0.2, -0.15) is 27.0 Å². The number of rotatable bonds is 6. The first-order valence-electron chi connectivity index (χ1n) is 11.9. The second kappa shape index (κ2) is 11.8. The van der Waals surface area contributed by atoms with Gasteiger partial charge in [0.15, 0.2) is 0 Å². The monoisotopic (exact) mass is 583 g/mol. The van der Waals surface area contributed by atoms with Gasteiger partial charge in [0.1, 0.15) is 21.2 Å². The van der Waals surface area contributed by atoms with Crippen LogP contribution in [0.3, 0.4) is 0 Å². The van der Waals surface area contributed by atoms with E-state index in [1.165, 1.54) is 11.3 Å². The molecule has 4 heterocycles. The van der Waals surface area contributed by atoms with Crippen LogP contribution < -0.4 is 25.6 Å². The first-order chi connectivity index (χ1) is 18.0. The smallest absolute Gasteiger partial charge is 0.331 e. The third kappa shape index (κ3) is 5.30. The van der Waals surface area contributed by atoms with Crippen LogP contribution in [0, 0.1) is 6.92 Å². The molecule has 0 spiro atoms. The van der Waals surface area contributed by atoms with Gasteiger partial charge in [-0.1, -0.05) is 18.2 Å². The van der Waals surface area contributed by atoms with Crippen LogP contribution >= 0.6 is 38.3 Å².